The molecule has 39 heavy (non-hydrogen) atoms. The number of carbonyl (C=O) groups excluding carboxylic acids is 2. The van der Waals surface area contributed by atoms with Gasteiger partial charge in [-0.05, 0) is 62.6 Å². The van der Waals surface area contributed by atoms with Crippen molar-refractivity contribution in [3.05, 3.63) is 28.8 Å². The van der Waals surface area contributed by atoms with Gasteiger partial charge in [-0.25, -0.2) is 0 Å². The van der Waals surface area contributed by atoms with Crippen molar-refractivity contribution in [2.24, 2.45) is 17.8 Å². The van der Waals surface area contributed by atoms with Crippen LogP contribution in [0.2, 0.25) is 5.02 Å². The van der Waals surface area contributed by atoms with Crippen LogP contribution in [0.4, 0.5) is 18.9 Å². The van der Waals surface area contributed by atoms with Crippen molar-refractivity contribution in [1.29, 1.82) is 0 Å². The van der Waals surface area contributed by atoms with Gasteiger partial charge in [0.2, 0.25) is 5.60 Å². The molecule has 3 fully saturated rings. The Morgan fingerprint density at radius 1 is 1.03 bits per heavy atom. The minimum absolute atomic E-state index is 0.00274. The summed E-state index contributed by atoms with van der Waals surface area (Å²) < 4.78 is 46.1. The minimum atomic E-state index is -5.02. The molecule has 3 heterocycles. The summed E-state index contributed by atoms with van der Waals surface area (Å²) in [5, 5.41) is 10.7. The summed E-state index contributed by atoms with van der Waals surface area (Å²) in [6.07, 6.45) is -1.89. The molecule has 11 heteroatoms. The number of nitrogens with zero attached hydrogens (tertiary/aromatic N) is 3. The van der Waals surface area contributed by atoms with Crippen LogP contribution in [0, 0.1) is 17.8 Å². The summed E-state index contributed by atoms with van der Waals surface area (Å²) >= 11 is 6.55. The van der Waals surface area contributed by atoms with Gasteiger partial charge >= 0.3 is 6.18 Å². The van der Waals surface area contributed by atoms with E-state index >= 15 is 0 Å². The molecule has 1 aromatic carbocycles. The molecular weight excluding hydrogens is 535 g/mol. The molecule has 0 aliphatic carbocycles. The average molecular weight is 574 g/mol. The molecule has 1 N–H and O–H groups in total. The zero-order valence-electron chi connectivity index (χ0n) is 22.8. The molecule has 4 rings (SSSR count). The number of anilines is 1. The minimum Gasteiger partial charge on any atom is -0.377 e. The van der Waals surface area contributed by atoms with Crippen LogP contribution in [0.25, 0.3) is 0 Å². The molecule has 1 unspecified atom stereocenters. The quantitative estimate of drug-likeness (QED) is 0.557. The number of carbonyl (C=O) groups is 2. The Bertz CT molecular complexity index is 1040. The smallest absolute Gasteiger partial charge is 0.377 e. The number of hydrogen-bond donors (Lipinski definition) is 1. The van der Waals surface area contributed by atoms with Gasteiger partial charge in [0, 0.05) is 44.3 Å². The van der Waals surface area contributed by atoms with Crippen molar-refractivity contribution in [3.8, 4) is 0 Å². The topological polar surface area (TPSA) is 73.3 Å². The number of ether oxygens (including phenoxy) is 1. The Morgan fingerprint density at radius 3 is 2.13 bits per heavy atom. The van der Waals surface area contributed by atoms with Crippen LogP contribution >= 0.6 is 11.6 Å². The van der Waals surface area contributed by atoms with E-state index in [2.05, 4.69) is 4.90 Å². The lowest BCUT2D eigenvalue weighted by atomic mass is 9.78. The van der Waals surface area contributed by atoms with E-state index in [9.17, 15) is 27.9 Å². The van der Waals surface area contributed by atoms with Gasteiger partial charge in [0.25, 0.3) is 11.8 Å². The van der Waals surface area contributed by atoms with E-state index in [1.807, 2.05) is 19.1 Å². The van der Waals surface area contributed by atoms with E-state index in [1.165, 1.54) is 18.7 Å². The summed E-state index contributed by atoms with van der Waals surface area (Å²) in [4.78, 5) is 30.9. The molecule has 0 saturated carbocycles. The molecule has 0 spiro atoms. The average Bonchev–Trinajstić information content (AvgIpc) is 2.91. The Labute approximate surface area is 233 Å². The number of hydrogen-bond acceptors (Lipinski definition) is 5. The maximum absolute atomic E-state index is 13.6. The molecule has 0 bridgehead atoms. The molecule has 218 valence electrons. The number of morpholine rings is 1. The number of aliphatic hydroxyl groups is 1. The first kappa shape index (κ1) is 29.9. The number of rotatable bonds is 5. The highest BCUT2D eigenvalue weighted by molar-refractivity contribution is 6.34. The van der Waals surface area contributed by atoms with Crippen LogP contribution < -0.4 is 4.90 Å². The maximum atomic E-state index is 13.6. The number of amides is 2. The van der Waals surface area contributed by atoms with Gasteiger partial charge in [-0.15, -0.1) is 0 Å². The van der Waals surface area contributed by atoms with E-state index < -0.39 is 23.6 Å². The molecule has 0 aromatic heterocycles. The van der Waals surface area contributed by atoms with E-state index in [0.29, 0.717) is 55.0 Å². The lowest BCUT2D eigenvalue weighted by Gasteiger charge is -2.43. The van der Waals surface area contributed by atoms with Crippen LogP contribution in [0.15, 0.2) is 18.2 Å². The Hall–Kier alpha value is -2.04. The highest BCUT2D eigenvalue weighted by atomic mass is 35.5. The number of alkyl halides is 3. The van der Waals surface area contributed by atoms with E-state index in [1.54, 1.807) is 11.0 Å². The molecule has 7 nitrogen and oxygen atoms in total. The molecule has 3 aliphatic heterocycles. The van der Waals surface area contributed by atoms with Crippen molar-refractivity contribution in [3.63, 3.8) is 0 Å². The first-order valence-corrected chi connectivity index (χ1v) is 14.2. The summed E-state index contributed by atoms with van der Waals surface area (Å²) in [7, 11) is 0. The van der Waals surface area contributed by atoms with Gasteiger partial charge in [0.05, 0.1) is 29.8 Å². The van der Waals surface area contributed by atoms with Crippen LogP contribution in [-0.2, 0) is 9.53 Å². The SMILES string of the molecule is CC(C)C(O)(C(=O)N1CCC(C2CCN(c3ccc(C(=O)N4CCOC[C@H]4C)c(Cl)c3)CC2)CC1)C(F)(F)F. The normalized spacial score (nSPS) is 23.7. The Morgan fingerprint density at radius 2 is 1.62 bits per heavy atom. The highest BCUT2D eigenvalue weighted by Gasteiger charge is 2.62. The van der Waals surface area contributed by atoms with Crippen molar-refractivity contribution < 1.29 is 32.6 Å². The lowest BCUT2D eigenvalue weighted by Crippen LogP contribution is -2.62. The van der Waals surface area contributed by atoms with Gasteiger partial charge < -0.3 is 24.5 Å². The molecule has 0 radical (unpaired) electrons. The van der Waals surface area contributed by atoms with Crippen LogP contribution in [0.5, 0.6) is 0 Å². The van der Waals surface area contributed by atoms with E-state index in [4.69, 9.17) is 16.3 Å². The van der Waals surface area contributed by atoms with Crippen LogP contribution in [0.1, 0.15) is 56.8 Å². The van der Waals surface area contributed by atoms with Crippen molar-refractivity contribution in [2.75, 3.05) is 50.8 Å². The first-order chi connectivity index (χ1) is 18.3. The fraction of sp³-hybridized carbons (Fsp3) is 0.714. The second-order valence-electron chi connectivity index (χ2n) is 11.5. The molecular formula is C28H39ClF3N3O4. The van der Waals surface area contributed by atoms with E-state index in [-0.39, 0.29) is 25.0 Å². The Balaban J connectivity index is 1.30. The molecule has 3 saturated heterocycles. The number of piperidine rings is 2. The maximum Gasteiger partial charge on any atom is 0.426 e. The first-order valence-electron chi connectivity index (χ1n) is 13.9. The molecule has 1 aromatic rings. The summed E-state index contributed by atoms with van der Waals surface area (Å²) in [5.41, 5.74) is -1.90. The van der Waals surface area contributed by atoms with Crippen molar-refractivity contribution in [1.82, 2.24) is 9.80 Å². The summed E-state index contributed by atoms with van der Waals surface area (Å²) in [5.74, 6) is -1.85. The fourth-order valence-corrected chi connectivity index (χ4v) is 6.45. The summed E-state index contributed by atoms with van der Waals surface area (Å²) in [6.45, 7) is 8.04. The lowest BCUT2D eigenvalue weighted by molar-refractivity contribution is -0.270. The zero-order chi connectivity index (χ0) is 28.5. The predicted octanol–water partition coefficient (Wildman–Crippen LogP) is 4.61. The third kappa shape index (κ3) is 6.03. The Kier molecular flexibility index (Phi) is 9.08. The van der Waals surface area contributed by atoms with Crippen LogP contribution in [0.3, 0.4) is 0 Å². The second-order valence-corrected chi connectivity index (χ2v) is 11.9. The largest absolute Gasteiger partial charge is 0.426 e. The zero-order valence-corrected chi connectivity index (χ0v) is 23.6. The molecule has 2 amide bonds. The second kappa shape index (κ2) is 11.8. The van der Waals surface area contributed by atoms with E-state index in [0.717, 1.165) is 31.6 Å². The van der Waals surface area contributed by atoms with Crippen molar-refractivity contribution >= 4 is 29.1 Å². The van der Waals surface area contributed by atoms with Gasteiger partial charge in [-0.1, -0.05) is 25.4 Å². The van der Waals surface area contributed by atoms with Crippen LogP contribution in [-0.4, -0.2) is 90.5 Å². The van der Waals surface area contributed by atoms with Gasteiger partial charge in [-0.2, -0.15) is 13.2 Å². The third-order valence-corrected chi connectivity index (χ3v) is 9.12. The van der Waals surface area contributed by atoms with Gasteiger partial charge in [-0.3, -0.25) is 9.59 Å². The number of halogens is 4. The van der Waals surface area contributed by atoms with Gasteiger partial charge in [0.15, 0.2) is 0 Å². The molecule has 3 aliphatic rings. The predicted molar refractivity (Wildman–Crippen MR) is 143 cm³/mol. The number of likely N-dealkylation sites (tertiary alicyclic amines) is 1. The third-order valence-electron chi connectivity index (χ3n) is 8.80. The fourth-order valence-electron chi connectivity index (χ4n) is 6.20. The highest BCUT2D eigenvalue weighted by Crippen LogP contribution is 2.40. The van der Waals surface area contributed by atoms with Crippen molar-refractivity contribution in [2.45, 2.75) is 64.3 Å². The standard InChI is InChI=1S/C28H39ClF3N3O4/c1-18(2)27(38,28(30,31)32)26(37)34-12-8-21(9-13-34)20-6-10-33(11-7-20)22-4-5-23(24(29)16-22)25(36)35-14-15-39-17-19(35)3/h4-5,16,18-21,38H,6-15,17H2,1-3H3/t19-,27?/m1/s1. The van der Waals surface area contributed by atoms with Gasteiger partial charge in [0.1, 0.15) is 0 Å². The summed E-state index contributed by atoms with van der Waals surface area (Å²) in [6, 6.07) is 5.57. The number of benzene rings is 1. The monoisotopic (exact) mass is 573 g/mol. The molecule has 2 atom stereocenters.